The van der Waals surface area contributed by atoms with Crippen LogP contribution in [0.4, 0.5) is 0 Å². The van der Waals surface area contributed by atoms with Gasteiger partial charge in [0.2, 0.25) is 5.91 Å². The Morgan fingerprint density at radius 2 is 1.76 bits per heavy atom. The third-order valence-corrected chi connectivity index (χ3v) is 7.66. The zero-order valence-corrected chi connectivity index (χ0v) is 20.4. The van der Waals surface area contributed by atoms with Crippen LogP contribution in [-0.2, 0) is 11.3 Å². The van der Waals surface area contributed by atoms with E-state index < -0.39 is 6.04 Å². The topological polar surface area (TPSA) is 67.9 Å². The maximum absolute atomic E-state index is 13.9. The van der Waals surface area contributed by atoms with Gasteiger partial charge in [-0.3, -0.25) is 9.59 Å². The van der Waals surface area contributed by atoms with Crippen LogP contribution in [0.15, 0.2) is 53.2 Å². The highest BCUT2D eigenvalue weighted by Gasteiger charge is 2.35. The predicted octanol–water partition coefficient (Wildman–Crippen LogP) is 5.27. The highest BCUT2D eigenvalue weighted by molar-refractivity contribution is 7.10. The molecule has 3 aromatic rings. The minimum Gasteiger partial charge on any atom is -0.493 e. The Bertz CT molecular complexity index is 1060. The number of amides is 2. The van der Waals surface area contributed by atoms with Gasteiger partial charge in [-0.05, 0) is 53.9 Å². The van der Waals surface area contributed by atoms with E-state index in [9.17, 15) is 9.59 Å². The summed E-state index contributed by atoms with van der Waals surface area (Å²) in [6.07, 6.45) is 4.21. The second-order valence-electron chi connectivity index (χ2n) is 7.99. The van der Waals surface area contributed by atoms with Gasteiger partial charge in [0.05, 0.1) is 20.8 Å². The van der Waals surface area contributed by atoms with Crippen LogP contribution in [0.5, 0.6) is 11.5 Å². The smallest absolute Gasteiger partial charge is 0.255 e. The van der Waals surface area contributed by atoms with E-state index in [4.69, 9.17) is 9.47 Å². The molecule has 0 radical (unpaired) electrons. The van der Waals surface area contributed by atoms with Gasteiger partial charge in [-0.15, -0.1) is 22.7 Å². The van der Waals surface area contributed by atoms with Crippen molar-refractivity contribution >= 4 is 34.5 Å². The zero-order valence-electron chi connectivity index (χ0n) is 18.8. The van der Waals surface area contributed by atoms with Crippen LogP contribution in [0.2, 0.25) is 0 Å². The molecular formula is C25H28N2O4S2. The van der Waals surface area contributed by atoms with E-state index in [1.54, 1.807) is 48.7 Å². The van der Waals surface area contributed by atoms with E-state index in [2.05, 4.69) is 5.32 Å². The van der Waals surface area contributed by atoms with Crippen LogP contribution < -0.4 is 14.8 Å². The number of methoxy groups -OCH3 is 2. The highest BCUT2D eigenvalue weighted by atomic mass is 32.1. The Morgan fingerprint density at radius 1 is 1.03 bits per heavy atom. The van der Waals surface area contributed by atoms with Crippen molar-refractivity contribution in [1.29, 1.82) is 0 Å². The fourth-order valence-electron chi connectivity index (χ4n) is 4.21. The number of thiophene rings is 2. The Labute approximate surface area is 202 Å². The number of nitrogens with zero attached hydrogens (tertiary/aromatic N) is 1. The summed E-state index contributed by atoms with van der Waals surface area (Å²) in [5, 5.41) is 7.13. The lowest BCUT2D eigenvalue weighted by Gasteiger charge is -2.31. The van der Waals surface area contributed by atoms with E-state index in [0.29, 0.717) is 23.6 Å². The van der Waals surface area contributed by atoms with Crippen molar-refractivity contribution in [2.45, 2.75) is 44.3 Å². The van der Waals surface area contributed by atoms with E-state index in [1.165, 1.54) is 11.3 Å². The molecule has 0 aliphatic heterocycles. The minimum atomic E-state index is -0.715. The van der Waals surface area contributed by atoms with Crippen LogP contribution in [0.3, 0.4) is 0 Å². The van der Waals surface area contributed by atoms with Crippen molar-refractivity contribution in [1.82, 2.24) is 10.2 Å². The van der Waals surface area contributed by atoms with Gasteiger partial charge >= 0.3 is 0 Å². The molecule has 174 valence electrons. The van der Waals surface area contributed by atoms with Crippen molar-refractivity contribution in [3.05, 3.63) is 68.5 Å². The van der Waals surface area contributed by atoms with Crippen LogP contribution in [-0.4, -0.2) is 37.0 Å². The molecule has 1 fully saturated rings. The molecule has 2 amide bonds. The molecule has 1 saturated carbocycles. The average Bonchev–Trinajstić information content (AvgIpc) is 3.62. The Kier molecular flexibility index (Phi) is 7.67. The first kappa shape index (κ1) is 23.3. The summed E-state index contributed by atoms with van der Waals surface area (Å²) in [5.74, 6) is 0.661. The lowest BCUT2D eigenvalue weighted by Crippen LogP contribution is -2.45. The molecule has 1 atom stereocenters. The normalized spacial score (nSPS) is 14.6. The summed E-state index contributed by atoms with van der Waals surface area (Å²) in [4.78, 5) is 31.0. The third-order valence-electron chi connectivity index (χ3n) is 5.87. The Morgan fingerprint density at radius 3 is 2.39 bits per heavy atom. The van der Waals surface area contributed by atoms with Gasteiger partial charge in [0.15, 0.2) is 11.5 Å². The largest absolute Gasteiger partial charge is 0.493 e. The average molecular weight is 485 g/mol. The molecule has 2 heterocycles. The molecule has 2 aromatic heterocycles. The van der Waals surface area contributed by atoms with Crippen LogP contribution in [0.25, 0.3) is 0 Å². The van der Waals surface area contributed by atoms with Gasteiger partial charge in [-0.25, -0.2) is 0 Å². The van der Waals surface area contributed by atoms with Crippen LogP contribution in [0.1, 0.15) is 51.8 Å². The first-order valence-electron chi connectivity index (χ1n) is 11.0. The van der Waals surface area contributed by atoms with Crippen molar-refractivity contribution < 1.29 is 19.1 Å². The number of hydrogen-bond acceptors (Lipinski definition) is 6. The standard InChI is InChI=1S/C25H28N2O4S2/c1-30-20-12-11-17(15-21(20)31-2)25(29)27(16-19-9-5-13-32-19)23(22-10-6-14-33-22)24(28)26-18-7-3-4-8-18/h5-6,9-15,18,23H,3-4,7-8,16H2,1-2H3,(H,26,28). The molecule has 0 spiro atoms. The molecule has 33 heavy (non-hydrogen) atoms. The number of ether oxygens (including phenoxy) is 2. The number of benzene rings is 1. The first-order chi connectivity index (χ1) is 16.1. The number of nitrogens with one attached hydrogen (secondary N) is 1. The summed E-state index contributed by atoms with van der Waals surface area (Å²) < 4.78 is 10.7. The molecule has 6 nitrogen and oxygen atoms in total. The summed E-state index contributed by atoms with van der Waals surface area (Å²) in [6, 6.07) is 12.3. The molecular weight excluding hydrogens is 456 g/mol. The minimum absolute atomic E-state index is 0.130. The molecule has 0 bridgehead atoms. The van der Waals surface area contributed by atoms with Gasteiger partial charge in [-0.1, -0.05) is 25.0 Å². The number of carbonyl (C=O) groups is 2. The summed E-state index contributed by atoms with van der Waals surface area (Å²) in [7, 11) is 3.10. The fraction of sp³-hybridized carbons (Fsp3) is 0.360. The molecule has 1 unspecified atom stereocenters. The molecule has 0 saturated heterocycles. The van der Waals surface area contributed by atoms with Gasteiger partial charge in [-0.2, -0.15) is 0 Å². The Hall–Kier alpha value is -2.84. The quantitative estimate of drug-likeness (QED) is 0.449. The molecule has 1 aliphatic rings. The van der Waals surface area contributed by atoms with E-state index in [1.807, 2.05) is 35.0 Å². The van der Waals surface area contributed by atoms with Crippen molar-refractivity contribution in [3.8, 4) is 11.5 Å². The molecule has 1 aromatic carbocycles. The number of carbonyl (C=O) groups excluding carboxylic acids is 2. The van der Waals surface area contributed by atoms with Crippen molar-refractivity contribution in [2.24, 2.45) is 0 Å². The number of hydrogen-bond donors (Lipinski definition) is 1. The van der Waals surface area contributed by atoms with E-state index in [-0.39, 0.29) is 17.9 Å². The van der Waals surface area contributed by atoms with Crippen molar-refractivity contribution in [2.75, 3.05) is 14.2 Å². The lowest BCUT2D eigenvalue weighted by molar-refractivity contribution is -0.126. The Balaban J connectivity index is 1.71. The SMILES string of the molecule is COc1ccc(C(=O)N(Cc2cccs2)C(C(=O)NC2CCCC2)c2cccs2)cc1OC. The van der Waals surface area contributed by atoms with Crippen LogP contribution >= 0.6 is 22.7 Å². The highest BCUT2D eigenvalue weighted by Crippen LogP contribution is 2.33. The third kappa shape index (κ3) is 5.39. The maximum atomic E-state index is 13.9. The van der Waals surface area contributed by atoms with Crippen LogP contribution in [0, 0.1) is 0 Å². The zero-order chi connectivity index (χ0) is 23.2. The second kappa shape index (κ2) is 10.9. The molecule has 8 heteroatoms. The predicted molar refractivity (Wildman–Crippen MR) is 131 cm³/mol. The number of rotatable bonds is 9. The first-order valence-corrected chi connectivity index (χ1v) is 12.8. The lowest BCUT2D eigenvalue weighted by atomic mass is 10.1. The van der Waals surface area contributed by atoms with E-state index >= 15 is 0 Å². The summed E-state index contributed by atoms with van der Waals surface area (Å²) >= 11 is 3.06. The second-order valence-corrected chi connectivity index (χ2v) is 10.0. The molecule has 4 rings (SSSR count). The van der Waals surface area contributed by atoms with Gasteiger partial charge in [0, 0.05) is 21.4 Å². The summed E-state index contributed by atoms with van der Waals surface area (Å²) in [5.41, 5.74) is 0.444. The fourth-order valence-corrected chi connectivity index (χ4v) is 5.74. The molecule has 1 aliphatic carbocycles. The monoisotopic (exact) mass is 484 g/mol. The van der Waals surface area contributed by atoms with Gasteiger partial charge in [0.25, 0.3) is 5.91 Å². The molecule has 1 N–H and O–H groups in total. The summed E-state index contributed by atoms with van der Waals surface area (Å²) in [6.45, 7) is 0.339. The maximum Gasteiger partial charge on any atom is 0.255 e. The van der Waals surface area contributed by atoms with Crippen molar-refractivity contribution in [3.63, 3.8) is 0 Å². The van der Waals surface area contributed by atoms with Gasteiger partial charge < -0.3 is 19.7 Å². The van der Waals surface area contributed by atoms with E-state index in [0.717, 1.165) is 35.4 Å². The van der Waals surface area contributed by atoms with Gasteiger partial charge in [0.1, 0.15) is 6.04 Å².